The van der Waals surface area contributed by atoms with Gasteiger partial charge in [-0.15, -0.1) is 0 Å². The van der Waals surface area contributed by atoms with E-state index in [1.54, 1.807) is 14.2 Å². The second kappa shape index (κ2) is 10.6. The molecule has 0 rings (SSSR count). The minimum atomic E-state index is 0.381. The van der Waals surface area contributed by atoms with Crippen LogP contribution in [-0.4, -0.2) is 34.2 Å². The van der Waals surface area contributed by atoms with Crippen molar-refractivity contribution in [2.24, 2.45) is 0 Å². The normalized spacial score (nSPS) is 11.2. The highest BCUT2D eigenvalue weighted by Gasteiger charge is 1.82. The first-order chi connectivity index (χ1) is 5.91. The summed E-state index contributed by atoms with van der Waals surface area (Å²) in [6.45, 7) is 1.89. The zero-order valence-electron chi connectivity index (χ0n) is 7.91. The Morgan fingerprint density at radius 1 is 0.917 bits per heavy atom. The van der Waals surface area contributed by atoms with Gasteiger partial charge in [0.1, 0.15) is 6.79 Å². The standard InChI is InChI=1S/C9H18O3/c1-10-7-5-3-4-6-8-12-9-11-2/h3-4H,5-9H2,1-2H3/b4-3-. The molecule has 0 aromatic heterocycles. The van der Waals surface area contributed by atoms with Crippen LogP contribution in [0.5, 0.6) is 0 Å². The van der Waals surface area contributed by atoms with Crippen LogP contribution in [0.15, 0.2) is 12.2 Å². The summed E-state index contributed by atoms with van der Waals surface area (Å²) in [6, 6.07) is 0. The Morgan fingerprint density at radius 2 is 1.58 bits per heavy atom. The minimum Gasteiger partial charge on any atom is -0.384 e. The molecule has 0 saturated heterocycles. The average Bonchev–Trinajstić information content (AvgIpc) is 2.10. The Morgan fingerprint density at radius 3 is 2.17 bits per heavy atom. The fourth-order valence-electron chi connectivity index (χ4n) is 0.715. The van der Waals surface area contributed by atoms with Gasteiger partial charge in [0, 0.05) is 20.8 Å². The predicted molar refractivity (Wildman–Crippen MR) is 48.1 cm³/mol. The van der Waals surface area contributed by atoms with E-state index in [2.05, 4.69) is 12.2 Å². The molecule has 0 N–H and O–H groups in total. The zero-order valence-corrected chi connectivity index (χ0v) is 7.91. The van der Waals surface area contributed by atoms with Crippen LogP contribution in [-0.2, 0) is 14.2 Å². The number of hydrogen-bond donors (Lipinski definition) is 0. The molecule has 0 amide bonds. The van der Waals surface area contributed by atoms with E-state index in [4.69, 9.17) is 14.2 Å². The van der Waals surface area contributed by atoms with Gasteiger partial charge in [-0.2, -0.15) is 0 Å². The monoisotopic (exact) mass is 174 g/mol. The Balaban J connectivity index is 2.92. The first-order valence-corrected chi connectivity index (χ1v) is 4.12. The lowest BCUT2D eigenvalue weighted by Gasteiger charge is -1.98. The van der Waals surface area contributed by atoms with Crippen molar-refractivity contribution in [1.82, 2.24) is 0 Å². The summed E-state index contributed by atoms with van der Waals surface area (Å²) >= 11 is 0. The fraction of sp³-hybridized carbons (Fsp3) is 0.778. The molecule has 0 aliphatic carbocycles. The number of ether oxygens (including phenoxy) is 3. The van der Waals surface area contributed by atoms with E-state index in [9.17, 15) is 0 Å². The lowest BCUT2D eigenvalue weighted by molar-refractivity contribution is -0.0285. The van der Waals surface area contributed by atoms with Crippen LogP contribution < -0.4 is 0 Å². The van der Waals surface area contributed by atoms with Crippen LogP contribution in [0.2, 0.25) is 0 Å². The molecule has 0 aliphatic rings. The van der Waals surface area contributed by atoms with E-state index < -0.39 is 0 Å². The van der Waals surface area contributed by atoms with Crippen molar-refractivity contribution in [3.05, 3.63) is 12.2 Å². The zero-order chi connectivity index (χ0) is 9.07. The number of methoxy groups -OCH3 is 2. The first-order valence-electron chi connectivity index (χ1n) is 4.12. The van der Waals surface area contributed by atoms with E-state index in [1.165, 1.54) is 0 Å². The fourth-order valence-corrected chi connectivity index (χ4v) is 0.715. The molecule has 0 atom stereocenters. The number of hydrogen-bond acceptors (Lipinski definition) is 3. The van der Waals surface area contributed by atoms with Crippen molar-refractivity contribution in [2.75, 3.05) is 34.2 Å². The van der Waals surface area contributed by atoms with Gasteiger partial charge in [0.05, 0.1) is 6.61 Å². The summed E-state index contributed by atoms with van der Waals surface area (Å²) in [5.74, 6) is 0. The van der Waals surface area contributed by atoms with Crippen LogP contribution >= 0.6 is 0 Å². The van der Waals surface area contributed by atoms with Crippen molar-refractivity contribution < 1.29 is 14.2 Å². The SMILES string of the molecule is COCC/C=C\CCOCOC. The van der Waals surface area contributed by atoms with Gasteiger partial charge in [-0.25, -0.2) is 0 Å². The Labute approximate surface area is 74.3 Å². The molecule has 0 aromatic rings. The molecule has 0 unspecified atom stereocenters. The summed E-state index contributed by atoms with van der Waals surface area (Å²) in [5, 5.41) is 0. The molecule has 0 fully saturated rings. The molecule has 0 aromatic carbocycles. The molecule has 3 nitrogen and oxygen atoms in total. The van der Waals surface area contributed by atoms with Gasteiger partial charge in [0.2, 0.25) is 0 Å². The maximum Gasteiger partial charge on any atom is 0.146 e. The average molecular weight is 174 g/mol. The molecule has 0 spiro atoms. The van der Waals surface area contributed by atoms with E-state index in [0.717, 1.165) is 26.1 Å². The summed E-state index contributed by atoms with van der Waals surface area (Å²) < 4.78 is 14.7. The van der Waals surface area contributed by atoms with Crippen LogP contribution in [0.4, 0.5) is 0 Å². The van der Waals surface area contributed by atoms with Gasteiger partial charge in [-0.05, 0) is 12.8 Å². The Bertz CT molecular complexity index is 102. The van der Waals surface area contributed by atoms with Gasteiger partial charge in [-0.3, -0.25) is 0 Å². The molecular formula is C9H18O3. The quantitative estimate of drug-likeness (QED) is 0.318. The van der Waals surface area contributed by atoms with E-state index >= 15 is 0 Å². The molecule has 3 heteroatoms. The summed E-state index contributed by atoms with van der Waals surface area (Å²) in [7, 11) is 3.32. The van der Waals surface area contributed by atoms with Crippen molar-refractivity contribution in [3.63, 3.8) is 0 Å². The topological polar surface area (TPSA) is 27.7 Å². The largest absolute Gasteiger partial charge is 0.384 e. The van der Waals surface area contributed by atoms with Gasteiger partial charge in [-0.1, -0.05) is 12.2 Å². The van der Waals surface area contributed by atoms with Gasteiger partial charge >= 0.3 is 0 Å². The minimum absolute atomic E-state index is 0.381. The highest BCUT2D eigenvalue weighted by molar-refractivity contribution is 4.80. The molecule has 72 valence electrons. The number of rotatable bonds is 8. The maximum absolute atomic E-state index is 5.08. The van der Waals surface area contributed by atoms with Gasteiger partial charge in [0.15, 0.2) is 0 Å². The van der Waals surface area contributed by atoms with Crippen molar-refractivity contribution in [1.29, 1.82) is 0 Å². The van der Waals surface area contributed by atoms with Crippen LogP contribution in [0.3, 0.4) is 0 Å². The molecule has 0 bridgehead atoms. The molecule has 12 heavy (non-hydrogen) atoms. The second-order valence-electron chi connectivity index (χ2n) is 2.36. The van der Waals surface area contributed by atoms with E-state index in [-0.39, 0.29) is 0 Å². The highest BCUT2D eigenvalue weighted by atomic mass is 16.7. The van der Waals surface area contributed by atoms with Gasteiger partial charge < -0.3 is 14.2 Å². The highest BCUT2D eigenvalue weighted by Crippen LogP contribution is 1.89. The van der Waals surface area contributed by atoms with Crippen LogP contribution in [0, 0.1) is 0 Å². The Kier molecular flexibility index (Phi) is 10.3. The molecule has 0 radical (unpaired) electrons. The lowest BCUT2D eigenvalue weighted by atomic mass is 10.3. The Hall–Kier alpha value is -0.380. The van der Waals surface area contributed by atoms with Gasteiger partial charge in [0.25, 0.3) is 0 Å². The molecule has 0 heterocycles. The molecular weight excluding hydrogens is 156 g/mol. The molecule has 0 aliphatic heterocycles. The maximum atomic E-state index is 5.08. The van der Waals surface area contributed by atoms with E-state index in [1.807, 2.05) is 0 Å². The summed E-state index contributed by atoms with van der Waals surface area (Å²) in [6.07, 6.45) is 6.10. The van der Waals surface area contributed by atoms with Crippen molar-refractivity contribution in [3.8, 4) is 0 Å². The van der Waals surface area contributed by atoms with Crippen LogP contribution in [0.1, 0.15) is 12.8 Å². The smallest absolute Gasteiger partial charge is 0.146 e. The third kappa shape index (κ3) is 9.62. The second-order valence-corrected chi connectivity index (χ2v) is 2.36. The lowest BCUT2D eigenvalue weighted by Crippen LogP contribution is -1.96. The first kappa shape index (κ1) is 11.6. The van der Waals surface area contributed by atoms with Crippen molar-refractivity contribution >= 4 is 0 Å². The van der Waals surface area contributed by atoms with Crippen molar-refractivity contribution in [2.45, 2.75) is 12.8 Å². The predicted octanol–water partition coefficient (Wildman–Crippen LogP) is 1.59. The summed E-state index contributed by atoms with van der Waals surface area (Å²) in [5.41, 5.74) is 0. The summed E-state index contributed by atoms with van der Waals surface area (Å²) in [4.78, 5) is 0. The molecule has 0 saturated carbocycles. The third-order valence-corrected chi connectivity index (χ3v) is 1.29. The third-order valence-electron chi connectivity index (χ3n) is 1.29. The van der Waals surface area contributed by atoms with Crippen LogP contribution in [0.25, 0.3) is 0 Å². The van der Waals surface area contributed by atoms with E-state index in [0.29, 0.717) is 6.79 Å².